The molecule has 2 saturated heterocycles. The number of aryl methyl sites for hydroxylation is 1. The largest absolute Gasteiger partial charge is 0.379 e. The van der Waals surface area contributed by atoms with Gasteiger partial charge in [-0.3, -0.25) is 9.69 Å². The number of carbonyl (C=O) groups is 1. The van der Waals surface area contributed by atoms with Gasteiger partial charge in [-0.2, -0.15) is 0 Å². The molecule has 0 aliphatic carbocycles. The van der Waals surface area contributed by atoms with E-state index in [9.17, 15) is 4.79 Å². The van der Waals surface area contributed by atoms with E-state index in [4.69, 9.17) is 4.74 Å². The summed E-state index contributed by atoms with van der Waals surface area (Å²) in [4.78, 5) is 18.1. The Morgan fingerprint density at radius 1 is 0.969 bits per heavy atom. The Labute approximate surface area is 192 Å². The third-order valence-corrected chi connectivity index (χ3v) is 6.75. The molecule has 2 aliphatic heterocycles. The summed E-state index contributed by atoms with van der Waals surface area (Å²) < 4.78 is 5.52. The Kier molecular flexibility index (Phi) is 8.32. The molecule has 0 radical (unpaired) electrons. The van der Waals surface area contributed by atoms with Gasteiger partial charge < -0.3 is 15.0 Å². The van der Waals surface area contributed by atoms with Crippen LogP contribution in [0.25, 0.3) is 0 Å². The Hall–Kier alpha value is -2.21. The van der Waals surface area contributed by atoms with Crippen molar-refractivity contribution in [1.82, 2.24) is 15.1 Å². The van der Waals surface area contributed by atoms with E-state index >= 15 is 0 Å². The first-order valence-corrected chi connectivity index (χ1v) is 12.1. The Morgan fingerprint density at radius 2 is 1.72 bits per heavy atom. The van der Waals surface area contributed by atoms with Gasteiger partial charge in [0, 0.05) is 45.8 Å². The predicted octanol–water partition coefficient (Wildman–Crippen LogP) is 3.12. The summed E-state index contributed by atoms with van der Waals surface area (Å²) in [6, 6.07) is 19.1. The van der Waals surface area contributed by atoms with Gasteiger partial charge in [0.05, 0.1) is 19.1 Å². The normalized spacial score (nSPS) is 22.5. The lowest BCUT2D eigenvalue weighted by molar-refractivity contribution is -0.127. The molecule has 0 aromatic heterocycles. The number of nitrogens with zero attached hydrogens (tertiary/aromatic N) is 2. The van der Waals surface area contributed by atoms with Crippen LogP contribution in [0.15, 0.2) is 54.6 Å². The number of likely N-dealkylation sites (tertiary alicyclic amines) is 1. The Bertz CT molecular complexity index is 834. The van der Waals surface area contributed by atoms with Crippen LogP contribution in [0.1, 0.15) is 23.1 Å². The predicted molar refractivity (Wildman–Crippen MR) is 128 cm³/mol. The average Bonchev–Trinajstić information content (AvgIpc) is 2.83. The minimum absolute atomic E-state index is 0.0519. The number of amides is 1. The number of ether oxygens (including phenoxy) is 1. The molecule has 2 aromatic carbocycles. The molecule has 0 unspecified atom stereocenters. The standard InChI is InChI=1S/C27H37N3O2/c1-22-7-9-24(10-8-22)18-28-27(31)26-17-25(19-29-13-15-32-16-14-29)20-30(21-26)12-11-23-5-3-2-4-6-23/h2-10,25-26H,11-21H2,1H3,(H,28,31)/t25-,26-/m1/s1. The maximum absolute atomic E-state index is 13.1. The molecular formula is C27H37N3O2. The molecule has 0 bridgehead atoms. The van der Waals surface area contributed by atoms with E-state index in [1.165, 1.54) is 11.1 Å². The Balaban J connectivity index is 1.35. The van der Waals surface area contributed by atoms with E-state index in [0.717, 1.165) is 70.9 Å². The molecule has 2 atom stereocenters. The summed E-state index contributed by atoms with van der Waals surface area (Å²) in [5, 5.41) is 3.21. The number of rotatable bonds is 8. The molecule has 2 aromatic rings. The van der Waals surface area contributed by atoms with Crippen LogP contribution >= 0.6 is 0 Å². The summed E-state index contributed by atoms with van der Waals surface area (Å²) in [7, 11) is 0. The molecule has 2 heterocycles. The average molecular weight is 436 g/mol. The van der Waals surface area contributed by atoms with Crippen molar-refractivity contribution >= 4 is 5.91 Å². The Morgan fingerprint density at radius 3 is 2.47 bits per heavy atom. The van der Waals surface area contributed by atoms with Crippen LogP contribution in [0.3, 0.4) is 0 Å². The molecule has 4 rings (SSSR count). The number of piperidine rings is 1. The molecule has 0 spiro atoms. The highest BCUT2D eigenvalue weighted by atomic mass is 16.5. The van der Waals surface area contributed by atoms with E-state index in [-0.39, 0.29) is 11.8 Å². The number of benzene rings is 2. The zero-order chi connectivity index (χ0) is 22.2. The van der Waals surface area contributed by atoms with Crippen molar-refractivity contribution in [2.75, 3.05) is 52.5 Å². The summed E-state index contributed by atoms with van der Waals surface area (Å²) in [5.41, 5.74) is 3.76. The second kappa shape index (κ2) is 11.6. The van der Waals surface area contributed by atoms with E-state index in [1.807, 2.05) is 0 Å². The second-order valence-electron chi connectivity index (χ2n) is 9.41. The number of hydrogen-bond donors (Lipinski definition) is 1. The van der Waals surface area contributed by atoms with Crippen LogP contribution in [-0.4, -0.2) is 68.2 Å². The van der Waals surface area contributed by atoms with E-state index in [0.29, 0.717) is 12.5 Å². The third kappa shape index (κ3) is 6.89. The van der Waals surface area contributed by atoms with Crippen molar-refractivity contribution in [1.29, 1.82) is 0 Å². The lowest BCUT2D eigenvalue weighted by Crippen LogP contribution is -2.50. The zero-order valence-corrected chi connectivity index (χ0v) is 19.3. The minimum atomic E-state index is 0.0519. The molecule has 2 fully saturated rings. The highest BCUT2D eigenvalue weighted by molar-refractivity contribution is 5.79. The molecule has 172 valence electrons. The first-order chi connectivity index (χ1) is 15.7. The molecular weight excluding hydrogens is 398 g/mol. The van der Waals surface area contributed by atoms with Crippen molar-refractivity contribution in [2.24, 2.45) is 11.8 Å². The molecule has 2 aliphatic rings. The fourth-order valence-electron chi connectivity index (χ4n) is 4.93. The summed E-state index contributed by atoms with van der Waals surface area (Å²) in [6.45, 7) is 10.3. The van der Waals surface area contributed by atoms with Gasteiger partial charge in [0.2, 0.25) is 5.91 Å². The monoisotopic (exact) mass is 435 g/mol. The van der Waals surface area contributed by atoms with Crippen LogP contribution in [0.4, 0.5) is 0 Å². The zero-order valence-electron chi connectivity index (χ0n) is 19.3. The molecule has 32 heavy (non-hydrogen) atoms. The van der Waals surface area contributed by atoms with Gasteiger partial charge in [-0.25, -0.2) is 0 Å². The quantitative estimate of drug-likeness (QED) is 0.692. The van der Waals surface area contributed by atoms with E-state index in [1.54, 1.807) is 0 Å². The maximum atomic E-state index is 13.1. The van der Waals surface area contributed by atoms with Gasteiger partial charge in [-0.1, -0.05) is 60.2 Å². The van der Waals surface area contributed by atoms with Gasteiger partial charge in [-0.15, -0.1) is 0 Å². The van der Waals surface area contributed by atoms with E-state index in [2.05, 4.69) is 76.6 Å². The number of nitrogens with one attached hydrogen (secondary N) is 1. The highest BCUT2D eigenvalue weighted by Crippen LogP contribution is 2.24. The maximum Gasteiger partial charge on any atom is 0.224 e. The summed E-state index contributed by atoms with van der Waals surface area (Å²) in [5.74, 6) is 0.769. The SMILES string of the molecule is Cc1ccc(CNC(=O)[C@@H]2C[C@H](CN3CCOCC3)CN(CCc3ccccc3)C2)cc1. The summed E-state index contributed by atoms with van der Waals surface area (Å²) >= 11 is 0. The molecule has 1 N–H and O–H groups in total. The van der Waals surface area contributed by atoms with Crippen molar-refractivity contribution < 1.29 is 9.53 Å². The van der Waals surface area contributed by atoms with Crippen LogP contribution in [-0.2, 0) is 22.5 Å². The molecule has 0 saturated carbocycles. The number of morpholine rings is 1. The fourth-order valence-corrected chi connectivity index (χ4v) is 4.93. The number of hydrogen-bond acceptors (Lipinski definition) is 4. The van der Waals surface area contributed by atoms with Crippen LogP contribution in [0.5, 0.6) is 0 Å². The lowest BCUT2D eigenvalue weighted by Gasteiger charge is -2.40. The smallest absolute Gasteiger partial charge is 0.224 e. The molecule has 1 amide bonds. The topological polar surface area (TPSA) is 44.8 Å². The molecule has 5 heteroatoms. The van der Waals surface area contributed by atoms with Gasteiger partial charge in [0.1, 0.15) is 0 Å². The highest BCUT2D eigenvalue weighted by Gasteiger charge is 2.32. The van der Waals surface area contributed by atoms with Gasteiger partial charge in [0.15, 0.2) is 0 Å². The first-order valence-electron chi connectivity index (χ1n) is 12.1. The number of carbonyl (C=O) groups excluding carboxylic acids is 1. The van der Waals surface area contributed by atoms with Crippen LogP contribution in [0.2, 0.25) is 0 Å². The first kappa shape index (κ1) is 23.0. The van der Waals surface area contributed by atoms with E-state index < -0.39 is 0 Å². The lowest BCUT2D eigenvalue weighted by atomic mass is 9.87. The third-order valence-electron chi connectivity index (χ3n) is 6.75. The van der Waals surface area contributed by atoms with Crippen molar-refractivity contribution in [3.8, 4) is 0 Å². The minimum Gasteiger partial charge on any atom is -0.379 e. The molecule has 5 nitrogen and oxygen atoms in total. The van der Waals surface area contributed by atoms with Gasteiger partial charge in [-0.05, 0) is 36.8 Å². The van der Waals surface area contributed by atoms with Crippen LogP contribution in [0, 0.1) is 18.8 Å². The van der Waals surface area contributed by atoms with Gasteiger partial charge >= 0.3 is 0 Å². The van der Waals surface area contributed by atoms with Crippen LogP contribution < -0.4 is 5.32 Å². The van der Waals surface area contributed by atoms with Crippen molar-refractivity contribution in [3.05, 3.63) is 71.3 Å². The van der Waals surface area contributed by atoms with Crippen molar-refractivity contribution in [3.63, 3.8) is 0 Å². The van der Waals surface area contributed by atoms with Gasteiger partial charge in [0.25, 0.3) is 0 Å². The van der Waals surface area contributed by atoms with Crippen molar-refractivity contribution in [2.45, 2.75) is 26.3 Å². The second-order valence-corrected chi connectivity index (χ2v) is 9.41. The fraction of sp³-hybridized carbons (Fsp3) is 0.519. The summed E-state index contributed by atoms with van der Waals surface area (Å²) in [6.07, 6.45) is 2.00.